The maximum atomic E-state index is 10.6. The van der Waals surface area contributed by atoms with E-state index < -0.39 is 29.9 Å². The van der Waals surface area contributed by atoms with Gasteiger partial charge in [0, 0.05) is 6.92 Å². The molecule has 0 bridgehead atoms. The van der Waals surface area contributed by atoms with E-state index in [1.165, 1.54) is 0 Å². The summed E-state index contributed by atoms with van der Waals surface area (Å²) in [6.45, 7) is 2.18. The fraction of sp³-hybridized carbons (Fsp3) is 0.750. The molecule has 7 heteroatoms. The molecule has 0 rings (SSSR count). The molecule has 0 aromatic carbocycles. The molecule has 15 heavy (non-hydrogen) atoms. The van der Waals surface area contributed by atoms with Gasteiger partial charge < -0.3 is 25.7 Å². The van der Waals surface area contributed by atoms with Gasteiger partial charge in [0.05, 0.1) is 6.10 Å². The molecular weight excluding hydrogens is 206 g/mol. The molecule has 0 saturated carbocycles. The summed E-state index contributed by atoms with van der Waals surface area (Å²) in [6, 6.07) is 0. The number of carbonyl (C=O) groups excluding carboxylic acids is 2. The normalized spacial score (nSPS) is 20.9. The number of carbonyl (C=O) groups is 2. The number of nitrogens with one attached hydrogen (secondary N) is 1. The lowest BCUT2D eigenvalue weighted by molar-refractivity contribution is -0.172. The number of amides is 1. The van der Waals surface area contributed by atoms with Gasteiger partial charge in [-0.05, 0) is 6.92 Å². The second-order valence-electron chi connectivity index (χ2n) is 3.30. The summed E-state index contributed by atoms with van der Waals surface area (Å²) in [5.41, 5.74) is -2.61. The molecule has 0 aromatic heterocycles. The van der Waals surface area contributed by atoms with Crippen LogP contribution in [0.5, 0.6) is 0 Å². The number of aliphatic hydroxyl groups excluding tert-OH is 3. The van der Waals surface area contributed by atoms with Crippen molar-refractivity contribution >= 4 is 12.2 Å². The maximum Gasteiger partial charge on any atom is 0.224 e. The molecule has 0 aliphatic heterocycles. The van der Waals surface area contributed by atoms with Crippen molar-refractivity contribution in [3.8, 4) is 0 Å². The third kappa shape index (κ3) is 3.56. The van der Waals surface area contributed by atoms with Gasteiger partial charge in [0.25, 0.3) is 0 Å². The minimum absolute atomic E-state index is 0.120. The first-order valence-corrected chi connectivity index (χ1v) is 4.26. The Morgan fingerprint density at radius 2 is 1.87 bits per heavy atom. The molecule has 0 unspecified atom stereocenters. The Bertz CT molecular complexity index is 243. The van der Waals surface area contributed by atoms with Gasteiger partial charge in [-0.25, -0.2) is 0 Å². The van der Waals surface area contributed by atoms with Gasteiger partial charge in [0.2, 0.25) is 11.6 Å². The summed E-state index contributed by atoms with van der Waals surface area (Å²) in [4.78, 5) is 21.1. The highest BCUT2D eigenvalue weighted by Crippen LogP contribution is 2.11. The smallest absolute Gasteiger partial charge is 0.224 e. The number of rotatable bonds is 5. The van der Waals surface area contributed by atoms with Crippen LogP contribution in [0.25, 0.3) is 0 Å². The largest absolute Gasteiger partial charge is 0.391 e. The van der Waals surface area contributed by atoms with Crippen molar-refractivity contribution in [3.63, 3.8) is 0 Å². The number of aliphatic hydroxyl groups is 4. The highest BCUT2D eigenvalue weighted by Gasteiger charge is 2.42. The van der Waals surface area contributed by atoms with E-state index in [4.69, 9.17) is 5.11 Å². The van der Waals surface area contributed by atoms with E-state index in [-0.39, 0.29) is 6.29 Å². The third-order valence-corrected chi connectivity index (χ3v) is 1.82. The molecule has 0 heterocycles. The molecule has 0 aliphatic rings. The Hall–Kier alpha value is -1.02. The van der Waals surface area contributed by atoms with Crippen LogP contribution in [0.1, 0.15) is 13.8 Å². The van der Waals surface area contributed by atoms with Crippen LogP contribution in [0.2, 0.25) is 0 Å². The first kappa shape index (κ1) is 14.0. The molecule has 0 fully saturated rings. The average Bonchev–Trinajstić information content (AvgIpc) is 2.14. The lowest BCUT2D eigenvalue weighted by Crippen LogP contribution is -2.62. The van der Waals surface area contributed by atoms with E-state index in [1.807, 2.05) is 0 Å². The van der Waals surface area contributed by atoms with Gasteiger partial charge in [-0.2, -0.15) is 0 Å². The molecule has 88 valence electrons. The molecule has 1 amide bonds. The third-order valence-electron chi connectivity index (χ3n) is 1.82. The van der Waals surface area contributed by atoms with Crippen LogP contribution in [-0.4, -0.2) is 56.7 Å². The van der Waals surface area contributed by atoms with E-state index in [1.54, 1.807) is 5.32 Å². The summed E-state index contributed by atoms with van der Waals surface area (Å²) in [7, 11) is 0. The predicted molar refractivity (Wildman–Crippen MR) is 48.5 cm³/mol. The fourth-order valence-corrected chi connectivity index (χ4v) is 0.979. The van der Waals surface area contributed by atoms with Gasteiger partial charge in [-0.15, -0.1) is 0 Å². The second kappa shape index (κ2) is 5.17. The van der Waals surface area contributed by atoms with E-state index in [2.05, 4.69) is 0 Å². The van der Waals surface area contributed by atoms with Crippen LogP contribution in [0, 0.1) is 0 Å². The zero-order valence-corrected chi connectivity index (χ0v) is 8.41. The first-order chi connectivity index (χ1) is 6.74. The second-order valence-corrected chi connectivity index (χ2v) is 3.30. The van der Waals surface area contributed by atoms with E-state index >= 15 is 0 Å². The molecule has 0 aromatic rings. The summed E-state index contributed by atoms with van der Waals surface area (Å²) in [5.74, 6) is -0.763. The lowest BCUT2D eigenvalue weighted by atomic mass is 9.99. The minimum atomic E-state index is -2.61. The quantitative estimate of drug-likeness (QED) is 0.250. The van der Waals surface area contributed by atoms with Crippen molar-refractivity contribution in [2.24, 2.45) is 0 Å². The maximum absolute atomic E-state index is 10.6. The zero-order chi connectivity index (χ0) is 12.2. The molecule has 5 N–H and O–H groups in total. The highest BCUT2D eigenvalue weighted by atomic mass is 16.4. The first-order valence-electron chi connectivity index (χ1n) is 4.26. The summed E-state index contributed by atoms with van der Waals surface area (Å²) in [6.07, 6.45) is -5.25. The lowest BCUT2D eigenvalue weighted by Gasteiger charge is -2.32. The van der Waals surface area contributed by atoms with Crippen LogP contribution in [0.3, 0.4) is 0 Å². The molecule has 0 aliphatic carbocycles. The number of hydrogen-bond donors (Lipinski definition) is 5. The van der Waals surface area contributed by atoms with Crippen molar-refractivity contribution in [2.75, 3.05) is 0 Å². The highest BCUT2D eigenvalue weighted by molar-refractivity contribution is 5.79. The SMILES string of the molecule is CC(=O)N[C@@](O)(C=O)[C@H](O)[C@H](O)[C@@H](C)O. The molecular formula is C8H15NO6. The minimum Gasteiger partial charge on any atom is -0.391 e. The van der Waals surface area contributed by atoms with Crippen molar-refractivity contribution < 1.29 is 30.0 Å². The molecule has 7 nitrogen and oxygen atoms in total. The van der Waals surface area contributed by atoms with Gasteiger partial charge in [0.15, 0.2) is 6.29 Å². The van der Waals surface area contributed by atoms with E-state index in [0.29, 0.717) is 0 Å². The van der Waals surface area contributed by atoms with Gasteiger partial charge in [0.1, 0.15) is 12.2 Å². The molecule has 0 saturated heterocycles. The fourth-order valence-electron chi connectivity index (χ4n) is 0.979. The number of aldehydes is 1. The summed E-state index contributed by atoms with van der Waals surface area (Å²) < 4.78 is 0. The Morgan fingerprint density at radius 3 is 2.13 bits per heavy atom. The Labute approximate surface area is 86.3 Å². The Balaban J connectivity index is 4.78. The Kier molecular flexibility index (Phi) is 4.82. The van der Waals surface area contributed by atoms with Gasteiger partial charge >= 0.3 is 0 Å². The van der Waals surface area contributed by atoms with Crippen molar-refractivity contribution in [3.05, 3.63) is 0 Å². The average molecular weight is 221 g/mol. The molecule has 4 atom stereocenters. The molecule has 0 radical (unpaired) electrons. The Morgan fingerprint density at radius 1 is 1.40 bits per heavy atom. The van der Waals surface area contributed by atoms with Crippen LogP contribution in [0.15, 0.2) is 0 Å². The van der Waals surface area contributed by atoms with Crippen LogP contribution >= 0.6 is 0 Å². The summed E-state index contributed by atoms with van der Waals surface area (Å²) in [5, 5.41) is 38.7. The summed E-state index contributed by atoms with van der Waals surface area (Å²) >= 11 is 0. The zero-order valence-electron chi connectivity index (χ0n) is 8.41. The predicted octanol–water partition coefficient (Wildman–Crippen LogP) is -2.89. The van der Waals surface area contributed by atoms with E-state index in [0.717, 1.165) is 13.8 Å². The van der Waals surface area contributed by atoms with Crippen LogP contribution in [-0.2, 0) is 9.59 Å². The van der Waals surface area contributed by atoms with Crippen LogP contribution < -0.4 is 5.32 Å². The van der Waals surface area contributed by atoms with Crippen LogP contribution in [0.4, 0.5) is 0 Å². The van der Waals surface area contributed by atoms with Gasteiger partial charge in [-0.3, -0.25) is 9.59 Å². The van der Waals surface area contributed by atoms with Crippen molar-refractivity contribution in [1.29, 1.82) is 0 Å². The molecule has 0 spiro atoms. The topological polar surface area (TPSA) is 127 Å². The number of hydrogen-bond acceptors (Lipinski definition) is 6. The van der Waals surface area contributed by atoms with E-state index in [9.17, 15) is 24.9 Å². The van der Waals surface area contributed by atoms with Gasteiger partial charge in [-0.1, -0.05) is 0 Å². The van der Waals surface area contributed by atoms with Crippen molar-refractivity contribution in [1.82, 2.24) is 5.32 Å². The standard InChI is InChI=1S/C8H15NO6/c1-4(11)6(13)7(14)8(15,3-10)9-5(2)12/h3-4,6-7,11,13-15H,1-2H3,(H,9,12)/t4-,6-,7-,8-/m1/s1. The van der Waals surface area contributed by atoms with Crippen molar-refractivity contribution in [2.45, 2.75) is 37.9 Å². The monoisotopic (exact) mass is 221 g/mol.